The van der Waals surface area contributed by atoms with Crippen LogP contribution >= 0.6 is 0 Å². The summed E-state index contributed by atoms with van der Waals surface area (Å²) in [6, 6.07) is 13.8. The Labute approximate surface area is 167 Å². The minimum atomic E-state index is -3.46. The lowest BCUT2D eigenvalue weighted by Crippen LogP contribution is -2.35. The van der Waals surface area contributed by atoms with Gasteiger partial charge in [0.1, 0.15) is 6.04 Å². The van der Waals surface area contributed by atoms with Gasteiger partial charge in [0.15, 0.2) is 0 Å². The van der Waals surface area contributed by atoms with Crippen molar-refractivity contribution in [3.63, 3.8) is 0 Å². The molecular weight excluding hydrogens is 374 g/mol. The van der Waals surface area contributed by atoms with Crippen molar-refractivity contribution in [2.45, 2.75) is 44.0 Å². The summed E-state index contributed by atoms with van der Waals surface area (Å²) in [5.41, 5.74) is 2.56. The normalized spacial score (nSPS) is 16.4. The van der Waals surface area contributed by atoms with Gasteiger partial charge < -0.3 is 10.6 Å². The molecule has 28 heavy (non-hydrogen) atoms. The minimum Gasteiger partial charge on any atom is -0.374 e. The number of hydrogen-bond donors (Lipinski definition) is 2. The molecule has 1 aliphatic heterocycles. The first-order valence-electron chi connectivity index (χ1n) is 9.60. The van der Waals surface area contributed by atoms with Crippen LogP contribution in [0.3, 0.4) is 0 Å². The van der Waals surface area contributed by atoms with Crippen LogP contribution in [-0.4, -0.2) is 37.8 Å². The molecule has 1 unspecified atom stereocenters. The predicted octanol–water partition coefficient (Wildman–Crippen LogP) is 3.61. The number of piperidine rings is 1. The molecule has 0 radical (unpaired) electrons. The molecule has 0 saturated carbocycles. The first-order chi connectivity index (χ1) is 13.4. The van der Waals surface area contributed by atoms with Gasteiger partial charge in [-0.05, 0) is 68.7 Å². The predicted molar refractivity (Wildman–Crippen MR) is 112 cm³/mol. The fourth-order valence-corrected chi connectivity index (χ4v) is 4.78. The van der Waals surface area contributed by atoms with E-state index in [0.717, 1.165) is 30.5 Å². The van der Waals surface area contributed by atoms with Crippen molar-refractivity contribution in [3.8, 4) is 0 Å². The number of hydrogen-bond acceptors (Lipinski definition) is 4. The van der Waals surface area contributed by atoms with Gasteiger partial charge in [0.2, 0.25) is 15.9 Å². The molecule has 2 N–H and O–H groups in total. The Morgan fingerprint density at radius 3 is 2.32 bits per heavy atom. The van der Waals surface area contributed by atoms with Crippen LogP contribution in [0.15, 0.2) is 53.4 Å². The van der Waals surface area contributed by atoms with Gasteiger partial charge >= 0.3 is 0 Å². The summed E-state index contributed by atoms with van der Waals surface area (Å²) >= 11 is 0. The molecule has 1 atom stereocenters. The Bertz CT molecular complexity index is 920. The molecule has 2 aromatic carbocycles. The number of nitrogens with one attached hydrogen (secondary N) is 2. The SMILES string of the molecule is Cc1cccc(NC(C)C(=O)Nc2ccc(S(=O)(=O)N3CCCCC3)cc2)c1. The van der Waals surface area contributed by atoms with E-state index in [4.69, 9.17) is 0 Å². The quantitative estimate of drug-likeness (QED) is 0.775. The van der Waals surface area contributed by atoms with Crippen LogP contribution in [0.5, 0.6) is 0 Å². The number of amides is 1. The van der Waals surface area contributed by atoms with Crippen LogP contribution in [0.2, 0.25) is 0 Å². The van der Waals surface area contributed by atoms with Gasteiger partial charge in [0.05, 0.1) is 4.90 Å². The summed E-state index contributed by atoms with van der Waals surface area (Å²) in [4.78, 5) is 12.7. The van der Waals surface area contributed by atoms with E-state index in [2.05, 4.69) is 10.6 Å². The van der Waals surface area contributed by atoms with E-state index in [9.17, 15) is 13.2 Å². The Morgan fingerprint density at radius 1 is 1.00 bits per heavy atom. The molecule has 0 bridgehead atoms. The maximum absolute atomic E-state index is 12.7. The lowest BCUT2D eigenvalue weighted by molar-refractivity contribution is -0.116. The monoisotopic (exact) mass is 401 g/mol. The molecule has 0 aromatic heterocycles. The number of benzene rings is 2. The zero-order valence-electron chi connectivity index (χ0n) is 16.3. The summed E-state index contributed by atoms with van der Waals surface area (Å²) in [7, 11) is -3.46. The van der Waals surface area contributed by atoms with Crippen LogP contribution in [0.25, 0.3) is 0 Å². The molecule has 1 heterocycles. The van der Waals surface area contributed by atoms with Crippen LogP contribution < -0.4 is 10.6 Å². The second kappa shape index (κ2) is 8.75. The molecule has 0 spiro atoms. The first-order valence-corrected chi connectivity index (χ1v) is 11.0. The third kappa shape index (κ3) is 4.91. The third-order valence-corrected chi connectivity index (χ3v) is 6.78. The van der Waals surface area contributed by atoms with Gasteiger partial charge in [-0.3, -0.25) is 4.79 Å². The molecular formula is C21H27N3O3S. The van der Waals surface area contributed by atoms with Gasteiger partial charge in [0.25, 0.3) is 0 Å². The molecule has 2 aromatic rings. The van der Waals surface area contributed by atoms with E-state index in [0.29, 0.717) is 18.8 Å². The lowest BCUT2D eigenvalue weighted by Gasteiger charge is -2.25. The molecule has 1 fully saturated rings. The average molecular weight is 402 g/mol. The Balaban J connectivity index is 1.62. The van der Waals surface area contributed by atoms with Crippen molar-refractivity contribution in [2.75, 3.05) is 23.7 Å². The molecule has 1 aliphatic rings. The van der Waals surface area contributed by atoms with E-state index < -0.39 is 16.1 Å². The minimum absolute atomic E-state index is 0.187. The maximum atomic E-state index is 12.7. The number of anilines is 2. The largest absolute Gasteiger partial charge is 0.374 e. The second-order valence-electron chi connectivity index (χ2n) is 7.21. The van der Waals surface area contributed by atoms with Gasteiger partial charge in [-0.25, -0.2) is 8.42 Å². The topological polar surface area (TPSA) is 78.5 Å². The van der Waals surface area contributed by atoms with Gasteiger partial charge in [-0.15, -0.1) is 0 Å². The van der Waals surface area contributed by atoms with Crippen molar-refractivity contribution in [2.24, 2.45) is 0 Å². The van der Waals surface area contributed by atoms with Gasteiger partial charge in [0, 0.05) is 24.5 Å². The second-order valence-corrected chi connectivity index (χ2v) is 9.15. The number of aryl methyl sites for hydroxylation is 1. The number of sulfonamides is 1. The number of carbonyl (C=O) groups excluding carboxylic acids is 1. The van der Waals surface area contributed by atoms with Crippen LogP contribution in [0.4, 0.5) is 11.4 Å². The Kier molecular flexibility index (Phi) is 6.36. The highest BCUT2D eigenvalue weighted by Crippen LogP contribution is 2.22. The molecule has 1 amide bonds. The molecule has 0 aliphatic carbocycles. The smallest absolute Gasteiger partial charge is 0.246 e. The number of nitrogens with zero attached hydrogens (tertiary/aromatic N) is 1. The lowest BCUT2D eigenvalue weighted by atomic mass is 10.2. The third-order valence-electron chi connectivity index (χ3n) is 4.87. The Morgan fingerprint density at radius 2 is 1.68 bits per heavy atom. The Hall–Kier alpha value is -2.38. The van der Waals surface area contributed by atoms with Crippen molar-refractivity contribution in [1.29, 1.82) is 0 Å². The van der Waals surface area contributed by atoms with Crippen LogP contribution in [0.1, 0.15) is 31.7 Å². The van der Waals surface area contributed by atoms with Crippen LogP contribution in [0, 0.1) is 6.92 Å². The molecule has 6 nitrogen and oxygen atoms in total. The van der Waals surface area contributed by atoms with Gasteiger partial charge in [-0.1, -0.05) is 18.6 Å². The summed E-state index contributed by atoms with van der Waals surface area (Å²) in [5.74, 6) is -0.187. The molecule has 1 saturated heterocycles. The van der Waals surface area contributed by atoms with Crippen LogP contribution in [-0.2, 0) is 14.8 Å². The molecule has 7 heteroatoms. The molecule has 3 rings (SSSR count). The highest BCUT2D eigenvalue weighted by molar-refractivity contribution is 7.89. The van der Waals surface area contributed by atoms with E-state index in [1.54, 1.807) is 31.2 Å². The summed E-state index contributed by atoms with van der Waals surface area (Å²) < 4.78 is 26.9. The zero-order valence-corrected chi connectivity index (χ0v) is 17.1. The van der Waals surface area contributed by atoms with Crippen molar-refractivity contribution in [3.05, 3.63) is 54.1 Å². The fraction of sp³-hybridized carbons (Fsp3) is 0.381. The highest BCUT2D eigenvalue weighted by atomic mass is 32.2. The average Bonchev–Trinajstić information content (AvgIpc) is 2.69. The fourth-order valence-electron chi connectivity index (χ4n) is 3.27. The first kappa shape index (κ1) is 20.4. The highest BCUT2D eigenvalue weighted by Gasteiger charge is 2.25. The van der Waals surface area contributed by atoms with E-state index in [1.807, 2.05) is 31.2 Å². The van der Waals surface area contributed by atoms with Gasteiger partial charge in [-0.2, -0.15) is 4.31 Å². The van der Waals surface area contributed by atoms with E-state index in [-0.39, 0.29) is 10.8 Å². The molecule has 150 valence electrons. The summed E-state index contributed by atoms with van der Waals surface area (Å²) in [5, 5.41) is 5.99. The zero-order chi connectivity index (χ0) is 20.1. The maximum Gasteiger partial charge on any atom is 0.246 e. The van der Waals surface area contributed by atoms with E-state index in [1.165, 1.54) is 4.31 Å². The van der Waals surface area contributed by atoms with Crippen molar-refractivity contribution in [1.82, 2.24) is 4.31 Å². The number of carbonyl (C=O) groups is 1. The summed E-state index contributed by atoms with van der Waals surface area (Å²) in [6.07, 6.45) is 2.88. The van der Waals surface area contributed by atoms with E-state index >= 15 is 0 Å². The standard InChI is InChI=1S/C21H27N3O3S/c1-16-7-6-8-19(15-16)22-17(2)21(25)23-18-9-11-20(12-10-18)28(26,27)24-13-4-3-5-14-24/h6-12,15,17,22H,3-5,13-14H2,1-2H3,(H,23,25). The van der Waals surface area contributed by atoms with Crippen molar-refractivity contribution < 1.29 is 13.2 Å². The number of rotatable bonds is 6. The van der Waals surface area contributed by atoms with Crippen molar-refractivity contribution >= 4 is 27.3 Å². The summed E-state index contributed by atoms with van der Waals surface area (Å²) in [6.45, 7) is 4.92.